The molecule has 0 N–H and O–H groups in total. The van der Waals surface area contributed by atoms with Crippen LogP contribution < -0.4 is 0 Å². The summed E-state index contributed by atoms with van der Waals surface area (Å²) in [4.78, 5) is 36.8. The predicted octanol–water partition coefficient (Wildman–Crippen LogP) is 1.47. The van der Waals surface area contributed by atoms with E-state index in [1.807, 2.05) is 19.9 Å². The first-order valence-electron chi connectivity index (χ1n) is 6.11. The van der Waals surface area contributed by atoms with E-state index in [0.717, 1.165) is 5.57 Å². The van der Waals surface area contributed by atoms with Crippen LogP contribution in [0.15, 0.2) is 23.3 Å². The van der Waals surface area contributed by atoms with E-state index >= 15 is 0 Å². The Balaban J connectivity index is 2.20. The lowest BCUT2D eigenvalue weighted by Gasteiger charge is -2.20. The van der Waals surface area contributed by atoms with Gasteiger partial charge in [-0.05, 0) is 38.3 Å². The minimum Gasteiger partial charge on any atom is -0.290 e. The van der Waals surface area contributed by atoms with Crippen LogP contribution in [-0.2, 0) is 14.4 Å². The highest BCUT2D eigenvalue weighted by molar-refractivity contribution is 6.08. The molecule has 0 bridgehead atoms. The zero-order valence-electron chi connectivity index (χ0n) is 10.9. The number of allylic oxidation sites excluding steroid dienone is 4. The molecule has 0 radical (unpaired) electrons. The van der Waals surface area contributed by atoms with Crippen LogP contribution in [0.3, 0.4) is 0 Å². The van der Waals surface area contributed by atoms with Gasteiger partial charge in [0.2, 0.25) is 11.8 Å². The zero-order valence-corrected chi connectivity index (χ0v) is 10.9. The number of fused-ring (bicyclic) bond motifs is 1. The lowest BCUT2D eigenvalue weighted by atomic mass is 9.80. The first-order valence-corrected chi connectivity index (χ1v) is 6.11. The number of hydrogen-bond acceptors (Lipinski definition) is 3. The van der Waals surface area contributed by atoms with E-state index in [1.165, 1.54) is 11.9 Å². The highest BCUT2D eigenvalue weighted by atomic mass is 16.2. The van der Waals surface area contributed by atoms with E-state index in [-0.39, 0.29) is 29.4 Å². The van der Waals surface area contributed by atoms with E-state index in [4.69, 9.17) is 0 Å². The van der Waals surface area contributed by atoms with Gasteiger partial charge in [-0.3, -0.25) is 19.3 Å². The summed E-state index contributed by atoms with van der Waals surface area (Å²) in [6.07, 6.45) is 4.28. The van der Waals surface area contributed by atoms with Crippen LogP contribution in [0.1, 0.15) is 26.7 Å². The number of carbonyl (C=O) groups excluding carboxylic acids is 3. The van der Waals surface area contributed by atoms with Crippen LogP contribution in [0.25, 0.3) is 0 Å². The van der Waals surface area contributed by atoms with Crippen LogP contribution in [-0.4, -0.2) is 29.5 Å². The summed E-state index contributed by atoms with van der Waals surface area (Å²) in [6, 6.07) is 0. The molecule has 4 heteroatoms. The summed E-state index contributed by atoms with van der Waals surface area (Å²) in [5.74, 6) is -0.901. The second-order valence-electron chi connectivity index (χ2n) is 5.20. The van der Waals surface area contributed by atoms with Gasteiger partial charge in [0.05, 0.1) is 11.8 Å². The van der Waals surface area contributed by atoms with Crippen LogP contribution in [0, 0.1) is 11.8 Å². The topological polar surface area (TPSA) is 54.5 Å². The molecule has 1 aliphatic carbocycles. The third-order valence-corrected chi connectivity index (χ3v) is 3.58. The minimum absolute atomic E-state index is 0.0387. The summed E-state index contributed by atoms with van der Waals surface area (Å²) in [5.41, 5.74) is 1.60. The van der Waals surface area contributed by atoms with Gasteiger partial charge in [-0.25, -0.2) is 0 Å². The third-order valence-electron chi connectivity index (χ3n) is 3.58. The molecule has 1 aliphatic heterocycles. The Morgan fingerprint density at radius 3 is 2.50 bits per heavy atom. The molecule has 1 fully saturated rings. The zero-order chi connectivity index (χ0) is 13.4. The Labute approximate surface area is 106 Å². The molecule has 0 saturated carbocycles. The average Bonchev–Trinajstić information content (AvgIpc) is 2.53. The summed E-state index contributed by atoms with van der Waals surface area (Å²) in [5, 5.41) is 0. The number of likely N-dealkylation sites (tertiary alicyclic amines) is 1. The highest BCUT2D eigenvalue weighted by Gasteiger charge is 2.47. The molecule has 2 aliphatic rings. The Morgan fingerprint density at radius 1 is 1.28 bits per heavy atom. The van der Waals surface area contributed by atoms with Gasteiger partial charge in [-0.2, -0.15) is 0 Å². The molecule has 4 nitrogen and oxygen atoms in total. The van der Waals surface area contributed by atoms with E-state index in [0.29, 0.717) is 18.4 Å². The number of imide groups is 1. The normalized spacial score (nSPS) is 26.8. The molecule has 1 heterocycles. The molecule has 2 amide bonds. The van der Waals surface area contributed by atoms with E-state index in [9.17, 15) is 14.4 Å². The average molecular weight is 247 g/mol. The molecule has 0 spiro atoms. The van der Waals surface area contributed by atoms with Gasteiger partial charge in [0.1, 0.15) is 0 Å². The molecular formula is C14H17NO3. The van der Waals surface area contributed by atoms with E-state index < -0.39 is 0 Å². The lowest BCUT2D eigenvalue weighted by molar-refractivity contribution is -0.138. The summed E-state index contributed by atoms with van der Waals surface area (Å²) in [7, 11) is 1.51. The Bertz CT molecular complexity index is 483. The molecule has 2 atom stereocenters. The number of ketones is 1. The summed E-state index contributed by atoms with van der Waals surface area (Å²) < 4.78 is 0. The van der Waals surface area contributed by atoms with E-state index in [1.54, 1.807) is 6.08 Å². The minimum atomic E-state index is -0.336. The van der Waals surface area contributed by atoms with Crippen molar-refractivity contribution in [2.75, 3.05) is 7.05 Å². The van der Waals surface area contributed by atoms with Gasteiger partial charge in [0, 0.05) is 7.05 Å². The fourth-order valence-corrected chi connectivity index (χ4v) is 2.59. The van der Waals surface area contributed by atoms with Crippen molar-refractivity contribution in [2.24, 2.45) is 11.8 Å². The summed E-state index contributed by atoms with van der Waals surface area (Å²) in [6.45, 7) is 3.73. The number of hydrogen-bond donors (Lipinski definition) is 0. The van der Waals surface area contributed by atoms with Crippen LogP contribution >= 0.6 is 0 Å². The van der Waals surface area contributed by atoms with Crippen LogP contribution in [0.4, 0.5) is 0 Å². The van der Waals surface area contributed by atoms with Crippen molar-refractivity contribution in [1.82, 2.24) is 4.90 Å². The Kier molecular flexibility index (Phi) is 3.20. The first kappa shape index (κ1) is 12.7. The number of carbonyl (C=O) groups is 3. The van der Waals surface area contributed by atoms with Crippen LogP contribution in [0.5, 0.6) is 0 Å². The number of nitrogens with zero attached hydrogens (tertiary/aromatic N) is 1. The van der Waals surface area contributed by atoms with Crippen molar-refractivity contribution in [2.45, 2.75) is 26.7 Å². The van der Waals surface area contributed by atoms with Crippen LogP contribution in [0.2, 0.25) is 0 Å². The SMILES string of the molecule is CC(C)=CC(=O)C1=CC[C@H]2C(=O)N(C)C(=O)[C@H]2C1. The molecule has 0 unspecified atom stereocenters. The lowest BCUT2D eigenvalue weighted by Crippen LogP contribution is -2.26. The van der Waals surface area contributed by atoms with Crippen molar-refractivity contribution in [3.63, 3.8) is 0 Å². The van der Waals surface area contributed by atoms with Gasteiger partial charge in [0.15, 0.2) is 5.78 Å². The number of rotatable bonds is 2. The Morgan fingerprint density at radius 2 is 1.89 bits per heavy atom. The van der Waals surface area contributed by atoms with Gasteiger partial charge in [-0.15, -0.1) is 0 Å². The summed E-state index contributed by atoms with van der Waals surface area (Å²) >= 11 is 0. The molecule has 0 aromatic heterocycles. The standard InChI is InChI=1S/C14H17NO3/c1-8(2)6-12(16)9-4-5-10-11(7-9)14(18)15(3)13(10)17/h4,6,10-11H,5,7H2,1-3H3/t10-,11+/m1/s1. The van der Waals surface area contributed by atoms with Crippen molar-refractivity contribution >= 4 is 17.6 Å². The van der Waals surface area contributed by atoms with Gasteiger partial charge in [-0.1, -0.05) is 11.6 Å². The first-order chi connectivity index (χ1) is 8.41. The van der Waals surface area contributed by atoms with Crippen molar-refractivity contribution in [3.05, 3.63) is 23.3 Å². The quantitative estimate of drug-likeness (QED) is 0.548. The van der Waals surface area contributed by atoms with Gasteiger partial charge >= 0.3 is 0 Å². The molecule has 96 valence electrons. The molecule has 1 saturated heterocycles. The second kappa shape index (κ2) is 4.52. The molecule has 0 aromatic rings. The maximum Gasteiger partial charge on any atom is 0.233 e. The highest BCUT2D eigenvalue weighted by Crippen LogP contribution is 2.37. The maximum absolute atomic E-state index is 11.9. The van der Waals surface area contributed by atoms with Crippen molar-refractivity contribution in [1.29, 1.82) is 0 Å². The third kappa shape index (κ3) is 2.03. The smallest absolute Gasteiger partial charge is 0.233 e. The van der Waals surface area contributed by atoms with Gasteiger partial charge < -0.3 is 0 Å². The molecule has 18 heavy (non-hydrogen) atoms. The van der Waals surface area contributed by atoms with E-state index in [2.05, 4.69) is 0 Å². The largest absolute Gasteiger partial charge is 0.290 e. The molecular weight excluding hydrogens is 230 g/mol. The fraction of sp³-hybridized carbons (Fsp3) is 0.500. The fourth-order valence-electron chi connectivity index (χ4n) is 2.59. The van der Waals surface area contributed by atoms with Crippen molar-refractivity contribution in [3.8, 4) is 0 Å². The second-order valence-corrected chi connectivity index (χ2v) is 5.20. The number of amides is 2. The monoisotopic (exact) mass is 247 g/mol. The Hall–Kier alpha value is -1.71. The molecule has 0 aromatic carbocycles. The maximum atomic E-state index is 11.9. The van der Waals surface area contributed by atoms with Gasteiger partial charge in [0.25, 0.3) is 0 Å². The molecule has 2 rings (SSSR count). The predicted molar refractivity (Wildman–Crippen MR) is 66.5 cm³/mol. The van der Waals surface area contributed by atoms with Crippen molar-refractivity contribution < 1.29 is 14.4 Å².